The third-order valence-electron chi connectivity index (χ3n) is 1.21. The third kappa shape index (κ3) is 5.60. The molecule has 0 saturated carbocycles. The quantitative estimate of drug-likeness (QED) is 0.278. The van der Waals surface area contributed by atoms with E-state index in [9.17, 15) is 14.4 Å². The van der Waals surface area contributed by atoms with Crippen LogP contribution in [0.4, 0.5) is 0 Å². The molecule has 8 nitrogen and oxygen atoms in total. The number of aliphatic hydroxyl groups is 1. The number of nitrogens with one attached hydrogen (secondary N) is 1. The minimum Gasteiger partial charge on any atom is -0.364 e. The van der Waals surface area contributed by atoms with Gasteiger partial charge in [-0.3, -0.25) is 4.79 Å². The molecule has 0 aromatic heterocycles. The van der Waals surface area contributed by atoms with Crippen LogP contribution in [0.15, 0.2) is 0 Å². The molecule has 1 atom stereocenters. The van der Waals surface area contributed by atoms with Gasteiger partial charge < -0.3 is 16.2 Å². The fourth-order valence-electron chi connectivity index (χ4n) is 0.462. The van der Waals surface area contributed by atoms with Crippen molar-refractivity contribution in [2.24, 2.45) is 5.73 Å². The smallest absolute Gasteiger partial charge is 0.364 e. The van der Waals surface area contributed by atoms with Crippen molar-refractivity contribution in [1.29, 1.82) is 0 Å². The molecule has 0 bridgehead atoms. The van der Waals surface area contributed by atoms with E-state index in [-0.39, 0.29) is 13.0 Å². The number of carbonyl (C=O) groups is 3. The highest BCUT2D eigenvalue weighted by molar-refractivity contribution is 5.84. The number of carbonyl (C=O) groups excluding carboxylic acids is 3. The zero-order chi connectivity index (χ0) is 11.8. The highest BCUT2D eigenvalue weighted by atomic mass is 17.2. The summed E-state index contributed by atoms with van der Waals surface area (Å²) in [6, 6.07) is 0. The van der Waals surface area contributed by atoms with Crippen LogP contribution < -0.4 is 11.1 Å². The number of hydrogen-bond acceptors (Lipinski definition) is 7. The summed E-state index contributed by atoms with van der Waals surface area (Å²) < 4.78 is 0. The van der Waals surface area contributed by atoms with Crippen LogP contribution in [0, 0.1) is 0 Å². The monoisotopic (exact) mass is 220 g/mol. The summed E-state index contributed by atoms with van der Waals surface area (Å²) in [6.07, 6.45) is -1.90. The molecule has 0 saturated heterocycles. The molecule has 0 aliphatic heterocycles. The Morgan fingerprint density at radius 3 is 2.47 bits per heavy atom. The second kappa shape index (κ2) is 6.74. The maximum Gasteiger partial charge on any atom is 0.404 e. The van der Waals surface area contributed by atoms with Crippen LogP contribution in [0.5, 0.6) is 0 Å². The van der Waals surface area contributed by atoms with Gasteiger partial charge in [-0.1, -0.05) is 6.92 Å². The van der Waals surface area contributed by atoms with E-state index in [0.717, 1.165) is 0 Å². The summed E-state index contributed by atoms with van der Waals surface area (Å²) in [5.74, 6) is -2.83. The first kappa shape index (κ1) is 13.3. The molecule has 0 radical (unpaired) electrons. The Morgan fingerprint density at radius 2 is 2.00 bits per heavy atom. The predicted octanol–water partition coefficient (Wildman–Crippen LogP) is -2.21. The molecule has 0 aromatic carbocycles. The van der Waals surface area contributed by atoms with E-state index < -0.39 is 24.1 Å². The molecule has 15 heavy (non-hydrogen) atoms. The molecular formula is C7H12N2O6. The number of hydrogen-bond donors (Lipinski definition) is 3. The van der Waals surface area contributed by atoms with E-state index in [1.54, 1.807) is 5.32 Å². The highest BCUT2D eigenvalue weighted by Gasteiger charge is 2.20. The van der Waals surface area contributed by atoms with Crippen LogP contribution in [-0.2, 0) is 24.2 Å². The second-order valence-corrected chi connectivity index (χ2v) is 2.39. The molecule has 86 valence electrons. The van der Waals surface area contributed by atoms with E-state index in [0.29, 0.717) is 0 Å². The molecule has 0 fully saturated rings. The molecule has 0 spiro atoms. The van der Waals surface area contributed by atoms with Crippen molar-refractivity contribution in [3.63, 3.8) is 0 Å². The normalized spacial score (nSPS) is 11.4. The van der Waals surface area contributed by atoms with Gasteiger partial charge >= 0.3 is 11.9 Å². The SMILES string of the molecule is CCC(=O)OOC(=O)C(O)NC(=O)CN. The fourth-order valence-corrected chi connectivity index (χ4v) is 0.462. The second-order valence-electron chi connectivity index (χ2n) is 2.39. The van der Waals surface area contributed by atoms with Gasteiger partial charge in [-0.2, -0.15) is 0 Å². The van der Waals surface area contributed by atoms with E-state index >= 15 is 0 Å². The summed E-state index contributed by atoms with van der Waals surface area (Å²) >= 11 is 0. The Labute approximate surface area is 85.3 Å². The number of rotatable bonds is 4. The first-order valence-corrected chi connectivity index (χ1v) is 4.10. The van der Waals surface area contributed by atoms with Crippen molar-refractivity contribution in [2.75, 3.05) is 6.54 Å². The minimum atomic E-state index is -1.91. The lowest BCUT2D eigenvalue weighted by Crippen LogP contribution is -2.44. The summed E-state index contributed by atoms with van der Waals surface area (Å²) in [5, 5.41) is 10.7. The van der Waals surface area contributed by atoms with Gasteiger partial charge in [-0.25, -0.2) is 19.4 Å². The summed E-state index contributed by atoms with van der Waals surface area (Å²) in [4.78, 5) is 39.8. The van der Waals surface area contributed by atoms with Crippen LogP contribution in [0.3, 0.4) is 0 Å². The summed E-state index contributed by atoms with van der Waals surface area (Å²) in [5.41, 5.74) is 4.90. The van der Waals surface area contributed by atoms with Gasteiger partial charge in [-0.05, 0) is 0 Å². The van der Waals surface area contributed by atoms with E-state index in [4.69, 9.17) is 10.8 Å². The number of amides is 1. The van der Waals surface area contributed by atoms with Crippen LogP contribution in [0.2, 0.25) is 0 Å². The standard InChI is InChI=1S/C7H12N2O6/c1-2-5(11)14-15-7(13)6(12)9-4(10)3-8/h6,12H,2-3,8H2,1H3,(H,9,10). The lowest BCUT2D eigenvalue weighted by molar-refractivity contribution is -0.265. The van der Waals surface area contributed by atoms with Gasteiger partial charge in [0.05, 0.1) is 6.54 Å². The van der Waals surface area contributed by atoms with Crippen molar-refractivity contribution < 1.29 is 29.3 Å². The minimum absolute atomic E-state index is 0.0124. The van der Waals surface area contributed by atoms with E-state index in [2.05, 4.69) is 9.78 Å². The maximum absolute atomic E-state index is 10.8. The largest absolute Gasteiger partial charge is 0.404 e. The van der Waals surface area contributed by atoms with Gasteiger partial charge in [0.1, 0.15) is 0 Å². The zero-order valence-corrected chi connectivity index (χ0v) is 8.06. The molecule has 0 aromatic rings. The molecule has 1 amide bonds. The van der Waals surface area contributed by atoms with Crippen molar-refractivity contribution in [1.82, 2.24) is 5.32 Å². The summed E-state index contributed by atoms with van der Waals surface area (Å²) in [6.45, 7) is 1.10. The predicted molar refractivity (Wildman–Crippen MR) is 45.7 cm³/mol. The molecule has 0 rings (SSSR count). The Balaban J connectivity index is 3.89. The van der Waals surface area contributed by atoms with Gasteiger partial charge in [0.25, 0.3) is 0 Å². The van der Waals surface area contributed by atoms with Gasteiger partial charge in [0.2, 0.25) is 12.1 Å². The van der Waals surface area contributed by atoms with Gasteiger partial charge in [0, 0.05) is 6.42 Å². The summed E-state index contributed by atoms with van der Waals surface area (Å²) in [7, 11) is 0. The third-order valence-corrected chi connectivity index (χ3v) is 1.21. The first-order chi connectivity index (χ1) is 7.01. The first-order valence-electron chi connectivity index (χ1n) is 4.10. The van der Waals surface area contributed by atoms with Crippen molar-refractivity contribution in [3.8, 4) is 0 Å². The van der Waals surface area contributed by atoms with E-state index in [1.165, 1.54) is 6.92 Å². The Hall–Kier alpha value is -1.67. The molecule has 0 aliphatic rings. The lowest BCUT2D eigenvalue weighted by atomic mass is 10.5. The molecule has 0 heterocycles. The lowest BCUT2D eigenvalue weighted by Gasteiger charge is -2.09. The zero-order valence-electron chi connectivity index (χ0n) is 8.06. The highest BCUT2D eigenvalue weighted by Crippen LogP contribution is 1.90. The van der Waals surface area contributed by atoms with Crippen LogP contribution >= 0.6 is 0 Å². The van der Waals surface area contributed by atoms with Crippen LogP contribution in [-0.4, -0.2) is 35.7 Å². The number of aliphatic hydroxyl groups excluding tert-OH is 1. The Bertz CT molecular complexity index is 254. The molecular weight excluding hydrogens is 208 g/mol. The van der Waals surface area contributed by atoms with Crippen molar-refractivity contribution in [2.45, 2.75) is 19.6 Å². The molecule has 8 heteroatoms. The number of nitrogens with two attached hydrogens (primary N) is 1. The maximum atomic E-state index is 10.8. The molecule has 4 N–H and O–H groups in total. The van der Waals surface area contributed by atoms with Gasteiger partial charge in [-0.15, -0.1) is 0 Å². The Kier molecular flexibility index (Phi) is 5.99. The van der Waals surface area contributed by atoms with Crippen molar-refractivity contribution >= 4 is 17.8 Å². The van der Waals surface area contributed by atoms with E-state index in [1.807, 2.05) is 0 Å². The molecule has 0 aliphatic carbocycles. The fraction of sp³-hybridized carbons (Fsp3) is 0.571. The Morgan fingerprint density at radius 1 is 1.40 bits per heavy atom. The van der Waals surface area contributed by atoms with Crippen LogP contribution in [0.1, 0.15) is 13.3 Å². The van der Waals surface area contributed by atoms with Gasteiger partial charge in [0.15, 0.2) is 0 Å². The average molecular weight is 220 g/mol. The molecule has 1 unspecified atom stereocenters. The topological polar surface area (TPSA) is 128 Å². The van der Waals surface area contributed by atoms with Crippen molar-refractivity contribution in [3.05, 3.63) is 0 Å². The van der Waals surface area contributed by atoms with Crippen LogP contribution in [0.25, 0.3) is 0 Å². The average Bonchev–Trinajstić information content (AvgIpc) is 2.24.